The van der Waals surface area contributed by atoms with Crippen molar-refractivity contribution in [1.29, 1.82) is 5.26 Å². The number of benzene rings is 2. The Labute approximate surface area is 176 Å². The summed E-state index contributed by atoms with van der Waals surface area (Å²) in [4.78, 5) is 13.7. The number of anilines is 1. The number of carbonyl (C=O) groups is 1. The first-order valence-electron chi connectivity index (χ1n) is 9.78. The Hall–Kier alpha value is -2.75. The summed E-state index contributed by atoms with van der Waals surface area (Å²) in [5.41, 5.74) is 3.42. The van der Waals surface area contributed by atoms with Gasteiger partial charge in [0.25, 0.3) is 5.91 Å². The third-order valence-corrected chi connectivity index (χ3v) is 5.15. The minimum atomic E-state index is -0.0832. The minimum absolute atomic E-state index is 0.0832. The number of hydrogen-bond acceptors (Lipinski definition) is 4. The van der Waals surface area contributed by atoms with E-state index in [1.807, 2.05) is 26.0 Å². The highest BCUT2D eigenvalue weighted by Crippen LogP contribution is 2.32. The third kappa shape index (κ3) is 5.20. The zero-order chi connectivity index (χ0) is 20.8. The Morgan fingerprint density at radius 2 is 1.86 bits per heavy atom. The van der Waals surface area contributed by atoms with E-state index in [0.29, 0.717) is 36.0 Å². The first kappa shape index (κ1) is 21.0. The average molecular weight is 415 g/mol. The Morgan fingerprint density at radius 1 is 1.17 bits per heavy atom. The smallest absolute Gasteiger partial charge is 0.279 e. The molecule has 29 heavy (non-hydrogen) atoms. The summed E-state index contributed by atoms with van der Waals surface area (Å²) in [5, 5.41) is 12.1. The molecule has 1 heterocycles. The fraction of sp³-hybridized carbons (Fsp3) is 0.364. The van der Waals surface area contributed by atoms with Crippen LogP contribution < -0.4 is 19.7 Å². The number of quaternary nitrogens is 1. The number of amides is 1. The molecule has 0 spiro atoms. The lowest BCUT2D eigenvalue weighted by molar-refractivity contribution is -0.907. The quantitative estimate of drug-likeness (QED) is 0.730. The van der Waals surface area contributed by atoms with Crippen LogP contribution in [0.1, 0.15) is 30.5 Å². The molecule has 1 atom stereocenters. The van der Waals surface area contributed by atoms with Crippen LogP contribution in [0.4, 0.5) is 5.69 Å². The van der Waals surface area contributed by atoms with Gasteiger partial charge in [0.2, 0.25) is 0 Å². The second-order valence-corrected chi connectivity index (χ2v) is 7.30. The zero-order valence-electron chi connectivity index (χ0n) is 16.7. The Morgan fingerprint density at radius 3 is 2.48 bits per heavy atom. The van der Waals surface area contributed by atoms with Crippen LogP contribution in [0, 0.1) is 11.3 Å². The fourth-order valence-corrected chi connectivity index (χ4v) is 3.74. The molecule has 6 nitrogen and oxygen atoms in total. The van der Waals surface area contributed by atoms with Crippen LogP contribution in [0.15, 0.2) is 30.3 Å². The molecule has 1 amide bonds. The van der Waals surface area contributed by atoms with E-state index in [1.165, 1.54) is 16.0 Å². The number of fused-ring (bicyclic) bond motifs is 1. The highest BCUT2D eigenvalue weighted by Gasteiger charge is 2.24. The average Bonchev–Trinajstić information content (AvgIpc) is 2.69. The van der Waals surface area contributed by atoms with Gasteiger partial charge in [0.05, 0.1) is 30.3 Å². The lowest BCUT2D eigenvalue weighted by Gasteiger charge is -2.26. The van der Waals surface area contributed by atoms with Crippen LogP contribution in [0.25, 0.3) is 0 Å². The van der Waals surface area contributed by atoms with E-state index in [0.717, 1.165) is 31.0 Å². The molecular weight excluding hydrogens is 390 g/mol. The Kier molecular flexibility index (Phi) is 6.97. The predicted octanol–water partition coefficient (Wildman–Crippen LogP) is 2.59. The molecule has 2 N–H and O–H groups in total. The number of carbonyl (C=O) groups excluding carboxylic acids is 1. The first-order valence-corrected chi connectivity index (χ1v) is 10.2. The van der Waals surface area contributed by atoms with E-state index in [9.17, 15) is 4.79 Å². The van der Waals surface area contributed by atoms with Crippen LogP contribution in [0.5, 0.6) is 11.5 Å². The summed E-state index contributed by atoms with van der Waals surface area (Å²) in [6.07, 6.45) is 0.882. The molecule has 0 aliphatic carbocycles. The summed E-state index contributed by atoms with van der Waals surface area (Å²) >= 11 is 6.04. The molecule has 0 bridgehead atoms. The maximum Gasteiger partial charge on any atom is 0.279 e. The molecule has 0 radical (unpaired) electrons. The molecule has 1 unspecified atom stereocenters. The lowest BCUT2D eigenvalue weighted by atomic mass is 9.98. The maximum absolute atomic E-state index is 12.5. The van der Waals surface area contributed by atoms with E-state index < -0.39 is 0 Å². The van der Waals surface area contributed by atoms with Crippen LogP contribution in [0.3, 0.4) is 0 Å². The molecule has 3 rings (SSSR count). The molecule has 0 saturated carbocycles. The number of nitrogens with one attached hydrogen (secondary N) is 2. The van der Waals surface area contributed by atoms with Crippen LogP contribution in [-0.4, -0.2) is 32.2 Å². The van der Waals surface area contributed by atoms with E-state index >= 15 is 0 Å². The van der Waals surface area contributed by atoms with Gasteiger partial charge < -0.3 is 19.7 Å². The standard InChI is InChI=1S/C22H24ClN3O3/c1-3-28-20-9-15-7-8-26(13-17(15)10-21(20)29-4-2)14-22(27)25-18-6-5-16(12-24)19(23)11-18/h5-6,9-11H,3-4,7-8,13-14H2,1-2H3,(H,25,27)/p+1. The first-order chi connectivity index (χ1) is 14.0. The van der Waals surface area contributed by atoms with Gasteiger partial charge in [-0.05, 0) is 49.7 Å². The van der Waals surface area contributed by atoms with Crippen LogP contribution in [-0.2, 0) is 17.8 Å². The summed E-state index contributed by atoms with van der Waals surface area (Å²) in [5.74, 6) is 1.46. The summed E-state index contributed by atoms with van der Waals surface area (Å²) in [6.45, 7) is 7.06. The van der Waals surface area contributed by atoms with Gasteiger partial charge in [-0.15, -0.1) is 0 Å². The van der Waals surface area contributed by atoms with Gasteiger partial charge >= 0.3 is 0 Å². The van der Waals surface area contributed by atoms with E-state index in [1.54, 1.807) is 18.2 Å². The molecule has 0 fully saturated rings. The predicted molar refractivity (Wildman–Crippen MR) is 112 cm³/mol. The van der Waals surface area contributed by atoms with Crippen molar-refractivity contribution in [3.8, 4) is 17.6 Å². The Balaban J connectivity index is 1.66. The number of nitrogens with zero attached hydrogens (tertiary/aromatic N) is 1. The largest absolute Gasteiger partial charge is 0.490 e. The topological polar surface area (TPSA) is 75.8 Å². The van der Waals surface area contributed by atoms with Gasteiger partial charge in [-0.3, -0.25) is 4.79 Å². The number of halogens is 1. The normalized spacial score (nSPS) is 15.2. The molecule has 1 aliphatic heterocycles. The number of hydrogen-bond donors (Lipinski definition) is 2. The van der Waals surface area contributed by atoms with Gasteiger partial charge in [0.15, 0.2) is 18.0 Å². The Bertz CT molecular complexity index is 940. The summed E-state index contributed by atoms with van der Waals surface area (Å²) in [6, 6.07) is 11.0. The van der Waals surface area contributed by atoms with Crippen molar-refractivity contribution >= 4 is 23.2 Å². The van der Waals surface area contributed by atoms with Gasteiger partial charge in [-0.2, -0.15) is 5.26 Å². The molecule has 0 saturated heterocycles. The van der Waals surface area contributed by atoms with Gasteiger partial charge in [0, 0.05) is 17.7 Å². The highest BCUT2D eigenvalue weighted by molar-refractivity contribution is 6.32. The van der Waals surface area contributed by atoms with Crippen molar-refractivity contribution in [2.24, 2.45) is 0 Å². The summed E-state index contributed by atoms with van der Waals surface area (Å²) < 4.78 is 11.4. The molecule has 152 valence electrons. The second kappa shape index (κ2) is 9.64. The molecule has 2 aromatic carbocycles. The van der Waals surface area contributed by atoms with Crippen molar-refractivity contribution in [2.75, 3.05) is 31.6 Å². The molecule has 7 heteroatoms. The maximum atomic E-state index is 12.5. The van der Waals surface area contributed by atoms with Crippen molar-refractivity contribution in [3.05, 3.63) is 52.0 Å². The van der Waals surface area contributed by atoms with Crippen molar-refractivity contribution < 1.29 is 19.2 Å². The lowest BCUT2D eigenvalue weighted by Crippen LogP contribution is -3.12. The third-order valence-electron chi connectivity index (χ3n) is 4.84. The number of nitriles is 1. The van der Waals surface area contributed by atoms with Crippen LogP contribution >= 0.6 is 11.6 Å². The number of ether oxygens (including phenoxy) is 2. The second-order valence-electron chi connectivity index (χ2n) is 6.89. The minimum Gasteiger partial charge on any atom is -0.490 e. The van der Waals surface area contributed by atoms with Gasteiger partial charge in [-0.1, -0.05) is 11.6 Å². The molecule has 0 aromatic heterocycles. The van der Waals surface area contributed by atoms with E-state index in [2.05, 4.69) is 11.4 Å². The SMILES string of the molecule is CCOc1cc2c(cc1OCC)C[NH+](CC(=O)Nc1ccc(C#N)c(Cl)c1)CC2. The number of rotatable bonds is 7. The van der Waals surface area contributed by atoms with Crippen molar-refractivity contribution in [1.82, 2.24) is 0 Å². The summed E-state index contributed by atoms with van der Waals surface area (Å²) in [7, 11) is 0. The van der Waals surface area contributed by atoms with E-state index in [4.69, 9.17) is 26.3 Å². The fourth-order valence-electron chi connectivity index (χ4n) is 3.51. The van der Waals surface area contributed by atoms with Gasteiger partial charge in [-0.25, -0.2) is 0 Å². The van der Waals surface area contributed by atoms with Crippen molar-refractivity contribution in [2.45, 2.75) is 26.8 Å². The van der Waals surface area contributed by atoms with E-state index in [-0.39, 0.29) is 5.91 Å². The molecule has 1 aliphatic rings. The van der Waals surface area contributed by atoms with Crippen LogP contribution in [0.2, 0.25) is 5.02 Å². The highest BCUT2D eigenvalue weighted by atomic mass is 35.5. The molecule has 2 aromatic rings. The van der Waals surface area contributed by atoms with Crippen molar-refractivity contribution in [3.63, 3.8) is 0 Å². The van der Waals surface area contributed by atoms with Gasteiger partial charge in [0.1, 0.15) is 12.6 Å². The monoisotopic (exact) mass is 414 g/mol. The molecular formula is C22H25ClN3O3+. The zero-order valence-corrected chi connectivity index (χ0v) is 17.4.